The molecule has 2 N–H and O–H groups in total. The Balaban J connectivity index is 2.43. The van der Waals surface area contributed by atoms with Crippen molar-refractivity contribution in [1.29, 1.82) is 0 Å². The number of nitrogen functional groups attached to an aromatic ring is 1. The summed E-state index contributed by atoms with van der Waals surface area (Å²) in [6, 6.07) is 6.33. The summed E-state index contributed by atoms with van der Waals surface area (Å²) in [7, 11) is 0. The molecule has 96 valence electrons. The first-order valence-electron chi connectivity index (χ1n) is 5.43. The Hall–Kier alpha value is -2.90. The van der Waals surface area contributed by atoms with Crippen LogP contribution in [0.1, 0.15) is 5.89 Å². The number of anilines is 1. The molecule has 0 bridgehead atoms. The van der Waals surface area contributed by atoms with Gasteiger partial charge in [-0.15, -0.1) is 0 Å². The van der Waals surface area contributed by atoms with Crippen LogP contribution in [0.2, 0.25) is 0 Å². The minimum atomic E-state index is -0.269. The summed E-state index contributed by atoms with van der Waals surface area (Å²) >= 11 is 0. The molecule has 0 saturated heterocycles. The van der Waals surface area contributed by atoms with Crippen molar-refractivity contribution in [2.24, 2.45) is 0 Å². The van der Waals surface area contributed by atoms with E-state index in [4.69, 9.17) is 10.3 Å². The first-order chi connectivity index (χ1) is 9.09. The van der Waals surface area contributed by atoms with E-state index in [0.717, 1.165) is 0 Å². The molecular weight excluding hydrogens is 250 g/mol. The predicted molar refractivity (Wildman–Crippen MR) is 64.3 cm³/mol. The van der Waals surface area contributed by atoms with E-state index in [-0.39, 0.29) is 34.3 Å². The second-order valence-corrected chi connectivity index (χ2v) is 3.95. The van der Waals surface area contributed by atoms with Crippen molar-refractivity contribution in [2.75, 3.05) is 5.73 Å². The van der Waals surface area contributed by atoms with Gasteiger partial charge < -0.3 is 14.9 Å². The van der Waals surface area contributed by atoms with Crippen LogP contribution < -0.4 is 15.2 Å². The molecule has 3 aromatic rings. The Morgan fingerprint density at radius 2 is 1.79 bits per heavy atom. The van der Waals surface area contributed by atoms with Crippen molar-refractivity contribution in [3.8, 4) is 11.5 Å². The van der Waals surface area contributed by atoms with Crippen molar-refractivity contribution in [1.82, 2.24) is 10.1 Å². The van der Waals surface area contributed by atoms with E-state index in [1.165, 1.54) is 12.1 Å². The minimum Gasteiger partial charge on any atom is -0.710 e. The molecule has 8 nitrogen and oxygen atoms in total. The fraction of sp³-hybridized carbons (Fsp3) is 0.0909. The average Bonchev–Trinajstić information content (AvgIpc) is 2.83. The highest BCUT2D eigenvalue weighted by molar-refractivity contribution is 5.71. The van der Waals surface area contributed by atoms with E-state index in [0.29, 0.717) is 9.46 Å². The molecule has 0 saturated carbocycles. The molecule has 2 heterocycles. The van der Waals surface area contributed by atoms with Crippen LogP contribution in [0.3, 0.4) is 0 Å². The second kappa shape index (κ2) is 3.80. The zero-order chi connectivity index (χ0) is 13.6. The molecule has 3 rings (SSSR count). The van der Waals surface area contributed by atoms with Crippen LogP contribution in [0.4, 0.5) is 5.82 Å². The summed E-state index contributed by atoms with van der Waals surface area (Å²) in [6.45, 7) is 1.58. The summed E-state index contributed by atoms with van der Waals surface area (Å²) in [5, 5.41) is 27.9. The fourth-order valence-electron chi connectivity index (χ4n) is 1.86. The zero-order valence-corrected chi connectivity index (χ0v) is 9.90. The van der Waals surface area contributed by atoms with Crippen LogP contribution in [0.15, 0.2) is 28.8 Å². The number of nitrogens with zero attached hydrogens (tertiary/aromatic N) is 4. The molecule has 0 radical (unpaired) electrons. The Morgan fingerprint density at radius 3 is 2.37 bits per heavy atom. The Labute approximate surface area is 106 Å². The van der Waals surface area contributed by atoms with E-state index in [1.807, 2.05) is 0 Å². The van der Waals surface area contributed by atoms with Gasteiger partial charge >= 0.3 is 11.5 Å². The standard InChI is InChI=1S/C11H9N5O3/c1-6-13-11(14-19-6)9-10(12)16(18)8-5-3-2-4-7(8)15(9)17/h2-5H,12H2,1H3. The monoisotopic (exact) mass is 259 g/mol. The first-order valence-corrected chi connectivity index (χ1v) is 5.43. The molecule has 0 spiro atoms. The third-order valence-electron chi connectivity index (χ3n) is 2.72. The van der Waals surface area contributed by atoms with Gasteiger partial charge in [0, 0.05) is 13.0 Å². The van der Waals surface area contributed by atoms with Crippen LogP contribution in [-0.4, -0.2) is 10.1 Å². The van der Waals surface area contributed by atoms with Crippen LogP contribution in [-0.2, 0) is 0 Å². The van der Waals surface area contributed by atoms with Gasteiger partial charge in [0.25, 0.3) is 11.3 Å². The molecule has 0 fully saturated rings. The predicted octanol–water partition coefficient (Wildman–Crippen LogP) is 0.0472. The zero-order valence-electron chi connectivity index (χ0n) is 9.90. The van der Waals surface area contributed by atoms with Crippen LogP contribution in [0.25, 0.3) is 22.6 Å². The molecule has 0 aliphatic carbocycles. The van der Waals surface area contributed by atoms with E-state index in [9.17, 15) is 10.4 Å². The topological polar surface area (TPSA) is 119 Å². The Bertz CT molecular complexity index is 783. The van der Waals surface area contributed by atoms with E-state index in [2.05, 4.69) is 10.1 Å². The number of fused-ring (bicyclic) bond motifs is 1. The van der Waals surface area contributed by atoms with Crippen molar-refractivity contribution >= 4 is 16.9 Å². The lowest BCUT2D eigenvalue weighted by molar-refractivity contribution is -0.610. The largest absolute Gasteiger partial charge is 0.710 e. The maximum atomic E-state index is 12.3. The van der Waals surface area contributed by atoms with Gasteiger partial charge in [-0.3, -0.25) is 5.73 Å². The number of hydrogen-bond acceptors (Lipinski definition) is 6. The van der Waals surface area contributed by atoms with E-state index < -0.39 is 0 Å². The van der Waals surface area contributed by atoms with Gasteiger partial charge in [-0.2, -0.15) is 9.71 Å². The highest BCUT2D eigenvalue weighted by Gasteiger charge is 2.29. The normalized spacial score (nSPS) is 11.0. The van der Waals surface area contributed by atoms with Crippen LogP contribution in [0, 0.1) is 17.3 Å². The van der Waals surface area contributed by atoms with Crippen molar-refractivity contribution in [2.45, 2.75) is 6.92 Å². The highest BCUT2D eigenvalue weighted by atomic mass is 16.5. The van der Waals surface area contributed by atoms with E-state index >= 15 is 0 Å². The van der Waals surface area contributed by atoms with Gasteiger partial charge in [0.2, 0.25) is 11.4 Å². The molecule has 0 amide bonds. The maximum absolute atomic E-state index is 12.3. The number of aryl methyl sites for hydroxylation is 1. The fourth-order valence-corrected chi connectivity index (χ4v) is 1.86. The van der Waals surface area contributed by atoms with Crippen molar-refractivity contribution in [3.63, 3.8) is 0 Å². The molecular formula is C11H9N5O3. The lowest BCUT2D eigenvalue weighted by Crippen LogP contribution is -2.43. The molecule has 0 aliphatic rings. The third-order valence-corrected chi connectivity index (χ3v) is 2.72. The van der Waals surface area contributed by atoms with Crippen molar-refractivity contribution in [3.05, 3.63) is 40.6 Å². The smallest absolute Gasteiger partial charge is 0.355 e. The molecule has 19 heavy (non-hydrogen) atoms. The van der Waals surface area contributed by atoms with Gasteiger partial charge in [0.15, 0.2) is 0 Å². The number of aromatic nitrogens is 4. The van der Waals surface area contributed by atoms with E-state index in [1.54, 1.807) is 19.1 Å². The summed E-state index contributed by atoms with van der Waals surface area (Å²) in [6.07, 6.45) is 0. The molecule has 8 heteroatoms. The third kappa shape index (κ3) is 1.53. The number of rotatable bonds is 1. The lowest BCUT2D eigenvalue weighted by atomic mass is 10.2. The summed E-state index contributed by atoms with van der Waals surface area (Å²) in [4.78, 5) is 3.92. The summed E-state index contributed by atoms with van der Waals surface area (Å²) < 4.78 is 5.81. The summed E-state index contributed by atoms with van der Waals surface area (Å²) in [5.74, 6) is -0.00476. The minimum absolute atomic E-state index is 0.0136. The van der Waals surface area contributed by atoms with Crippen molar-refractivity contribution < 1.29 is 14.0 Å². The quantitative estimate of drug-likeness (QED) is 0.487. The van der Waals surface area contributed by atoms with Crippen LogP contribution >= 0.6 is 0 Å². The molecule has 1 aromatic carbocycles. The van der Waals surface area contributed by atoms with Gasteiger partial charge in [-0.1, -0.05) is 17.3 Å². The number of para-hydroxylation sites is 2. The molecule has 0 unspecified atom stereocenters. The lowest BCUT2D eigenvalue weighted by Gasteiger charge is -2.11. The SMILES string of the molecule is Cc1nc(-c2c(N)[n+]([O-])c3ccccc3[n+]2[O-])no1. The van der Waals surface area contributed by atoms with Gasteiger partial charge in [-0.25, -0.2) is 4.73 Å². The maximum Gasteiger partial charge on any atom is 0.355 e. The number of nitrogens with two attached hydrogens (primary N) is 1. The molecule has 0 aliphatic heterocycles. The van der Waals surface area contributed by atoms with Crippen LogP contribution in [0.5, 0.6) is 0 Å². The van der Waals surface area contributed by atoms with Gasteiger partial charge in [0.05, 0.1) is 0 Å². The van der Waals surface area contributed by atoms with Gasteiger partial charge in [-0.05, 0) is 6.07 Å². The molecule has 0 atom stereocenters. The number of benzene rings is 1. The molecule has 2 aromatic heterocycles. The number of hydrogen-bond donors (Lipinski definition) is 1. The first kappa shape index (κ1) is 11.2. The summed E-state index contributed by atoms with van der Waals surface area (Å²) in [5.41, 5.74) is 5.94. The average molecular weight is 259 g/mol. The highest BCUT2D eigenvalue weighted by Crippen LogP contribution is 2.19. The van der Waals surface area contributed by atoms with Gasteiger partial charge in [0.1, 0.15) is 0 Å². The Kier molecular flexibility index (Phi) is 2.24. The Morgan fingerprint density at radius 1 is 1.16 bits per heavy atom. The second-order valence-electron chi connectivity index (χ2n) is 3.95.